The van der Waals surface area contributed by atoms with Crippen LogP contribution in [0, 0.1) is 0 Å². The van der Waals surface area contributed by atoms with Gasteiger partial charge in [0.1, 0.15) is 10.7 Å². The molecule has 0 fully saturated rings. The van der Waals surface area contributed by atoms with Crippen LogP contribution in [0.5, 0.6) is 0 Å². The van der Waals surface area contributed by atoms with Crippen LogP contribution in [0.2, 0.25) is 0 Å². The number of aromatic nitrogens is 2. The molecule has 29 heavy (non-hydrogen) atoms. The van der Waals surface area contributed by atoms with E-state index in [1.807, 2.05) is 36.2 Å². The quantitative estimate of drug-likeness (QED) is 0.652. The zero-order chi connectivity index (χ0) is 20.4. The van der Waals surface area contributed by atoms with E-state index in [4.69, 9.17) is 0 Å². The molecule has 4 rings (SSSR count). The van der Waals surface area contributed by atoms with Crippen LogP contribution < -0.4 is 10.9 Å². The fourth-order valence-electron chi connectivity index (χ4n) is 3.98. The lowest BCUT2D eigenvalue weighted by Crippen LogP contribution is -2.31. The minimum Gasteiger partial charge on any atom is -0.325 e. The van der Waals surface area contributed by atoms with Crippen molar-refractivity contribution in [2.75, 3.05) is 18.9 Å². The number of hydrogen-bond donors (Lipinski definition) is 2. The van der Waals surface area contributed by atoms with Crippen molar-refractivity contribution >= 4 is 33.1 Å². The monoisotopic (exact) mass is 410 g/mol. The van der Waals surface area contributed by atoms with Crippen LogP contribution in [0.1, 0.15) is 41.6 Å². The molecule has 1 amide bonds. The van der Waals surface area contributed by atoms with E-state index in [0.717, 1.165) is 47.2 Å². The van der Waals surface area contributed by atoms with Gasteiger partial charge in [0, 0.05) is 10.6 Å². The van der Waals surface area contributed by atoms with Crippen LogP contribution in [-0.2, 0) is 30.6 Å². The predicted molar refractivity (Wildman–Crippen MR) is 118 cm³/mol. The number of aryl methyl sites for hydroxylation is 3. The highest BCUT2D eigenvalue weighted by Crippen LogP contribution is 2.33. The lowest BCUT2D eigenvalue weighted by atomic mass is 9.97. The van der Waals surface area contributed by atoms with Gasteiger partial charge in [-0.25, -0.2) is 4.98 Å². The molecule has 6 nitrogen and oxygen atoms in total. The maximum absolute atomic E-state index is 12.7. The van der Waals surface area contributed by atoms with E-state index in [2.05, 4.69) is 22.2 Å². The zero-order valence-corrected chi connectivity index (χ0v) is 17.7. The predicted octanol–water partition coefficient (Wildman–Crippen LogP) is 3.50. The summed E-state index contributed by atoms with van der Waals surface area (Å²) < 4.78 is 0. The Balaban J connectivity index is 1.45. The molecule has 2 aromatic heterocycles. The van der Waals surface area contributed by atoms with Gasteiger partial charge in [-0.2, -0.15) is 0 Å². The second-order valence-electron chi connectivity index (χ2n) is 7.63. The molecule has 0 radical (unpaired) electrons. The van der Waals surface area contributed by atoms with E-state index in [1.54, 1.807) is 11.3 Å². The number of hydrogen-bond acceptors (Lipinski definition) is 5. The molecule has 0 atom stereocenters. The third-order valence-electron chi connectivity index (χ3n) is 5.38. The number of amides is 1. The van der Waals surface area contributed by atoms with Crippen LogP contribution in [0.3, 0.4) is 0 Å². The van der Waals surface area contributed by atoms with E-state index in [1.165, 1.54) is 16.9 Å². The van der Waals surface area contributed by atoms with Crippen LogP contribution in [0.4, 0.5) is 5.69 Å². The first-order valence-electron chi connectivity index (χ1n) is 10.1. The van der Waals surface area contributed by atoms with Crippen molar-refractivity contribution < 1.29 is 4.79 Å². The number of carbonyl (C=O) groups is 1. The fourth-order valence-corrected chi connectivity index (χ4v) is 5.26. The number of likely N-dealkylation sites (N-methyl/N-ethyl adjacent to an activating group) is 1. The molecule has 152 valence electrons. The maximum Gasteiger partial charge on any atom is 0.259 e. The van der Waals surface area contributed by atoms with Crippen molar-refractivity contribution in [1.29, 1.82) is 0 Å². The molecule has 7 heteroatoms. The zero-order valence-electron chi connectivity index (χ0n) is 16.9. The summed E-state index contributed by atoms with van der Waals surface area (Å²) >= 11 is 1.65. The van der Waals surface area contributed by atoms with Gasteiger partial charge in [-0.1, -0.05) is 25.1 Å². The van der Waals surface area contributed by atoms with Crippen LogP contribution in [0.25, 0.3) is 10.2 Å². The van der Waals surface area contributed by atoms with E-state index >= 15 is 0 Å². The number of benzene rings is 1. The van der Waals surface area contributed by atoms with Gasteiger partial charge in [0.15, 0.2) is 0 Å². The number of aromatic amines is 1. The Morgan fingerprint density at radius 3 is 2.90 bits per heavy atom. The van der Waals surface area contributed by atoms with Crippen molar-refractivity contribution in [2.45, 2.75) is 45.6 Å². The van der Waals surface area contributed by atoms with E-state index in [-0.39, 0.29) is 18.0 Å². The fraction of sp³-hybridized carbons (Fsp3) is 0.409. The van der Waals surface area contributed by atoms with Crippen LogP contribution in [-0.4, -0.2) is 34.4 Å². The second kappa shape index (κ2) is 8.47. The van der Waals surface area contributed by atoms with Crippen LogP contribution >= 0.6 is 11.3 Å². The van der Waals surface area contributed by atoms with Gasteiger partial charge in [-0.3, -0.25) is 14.5 Å². The van der Waals surface area contributed by atoms with E-state index in [0.29, 0.717) is 12.4 Å². The smallest absolute Gasteiger partial charge is 0.259 e. The number of rotatable bonds is 6. The molecular weight excluding hydrogens is 384 g/mol. The highest BCUT2D eigenvalue weighted by Gasteiger charge is 2.20. The number of H-pyrrole nitrogens is 1. The minimum absolute atomic E-state index is 0.0564. The summed E-state index contributed by atoms with van der Waals surface area (Å²) in [6.45, 7) is 2.70. The van der Waals surface area contributed by atoms with E-state index in [9.17, 15) is 9.59 Å². The average molecular weight is 411 g/mol. The highest BCUT2D eigenvalue weighted by molar-refractivity contribution is 7.18. The summed E-state index contributed by atoms with van der Waals surface area (Å²) in [5.74, 6) is 0.522. The maximum atomic E-state index is 12.7. The van der Waals surface area contributed by atoms with Crippen molar-refractivity contribution in [1.82, 2.24) is 14.9 Å². The van der Waals surface area contributed by atoms with Crippen molar-refractivity contribution in [3.05, 3.63) is 56.4 Å². The summed E-state index contributed by atoms with van der Waals surface area (Å²) in [5, 5.41) is 3.75. The minimum atomic E-state index is -0.0802. The number of thiophene rings is 1. The largest absolute Gasteiger partial charge is 0.325 e. The first-order chi connectivity index (χ1) is 14.0. The Kier molecular flexibility index (Phi) is 5.78. The Morgan fingerprint density at radius 1 is 1.28 bits per heavy atom. The lowest BCUT2D eigenvalue weighted by Gasteiger charge is -2.16. The number of nitrogens with zero attached hydrogens (tertiary/aromatic N) is 2. The number of fused-ring (bicyclic) bond motifs is 3. The molecule has 3 aromatic rings. The second-order valence-corrected chi connectivity index (χ2v) is 8.72. The van der Waals surface area contributed by atoms with Gasteiger partial charge < -0.3 is 10.3 Å². The summed E-state index contributed by atoms with van der Waals surface area (Å²) in [4.78, 5) is 36.7. The third-order valence-corrected chi connectivity index (χ3v) is 6.57. The molecule has 1 aliphatic rings. The van der Waals surface area contributed by atoms with E-state index < -0.39 is 0 Å². The Labute approximate surface area is 174 Å². The van der Waals surface area contributed by atoms with Crippen LogP contribution in [0.15, 0.2) is 29.1 Å². The molecule has 0 unspecified atom stereocenters. The number of nitrogens with one attached hydrogen (secondary N) is 2. The summed E-state index contributed by atoms with van der Waals surface area (Å²) in [5.41, 5.74) is 3.10. The van der Waals surface area contributed by atoms with Gasteiger partial charge in [0.2, 0.25) is 5.91 Å². The summed E-state index contributed by atoms with van der Waals surface area (Å²) in [6.07, 6.45) is 5.20. The highest BCUT2D eigenvalue weighted by atomic mass is 32.1. The summed E-state index contributed by atoms with van der Waals surface area (Å²) in [7, 11) is 1.86. The van der Waals surface area contributed by atoms with Gasteiger partial charge in [-0.15, -0.1) is 11.3 Å². The molecular formula is C22H26N4O2S. The summed E-state index contributed by atoms with van der Waals surface area (Å²) in [6, 6.07) is 7.83. The number of anilines is 1. The molecule has 2 heterocycles. The standard InChI is InChI=1S/C22H26N4O2S/c1-3-14-8-4-6-10-16(14)23-19(27)13-26(2)12-18-24-21(28)20-15-9-5-7-11-17(15)29-22(20)25-18/h4,6,8,10H,3,5,7,9,11-13H2,1-2H3,(H,23,27)(H,24,25,28). The first-order valence-corrected chi connectivity index (χ1v) is 11.0. The molecule has 1 aromatic carbocycles. The first kappa shape index (κ1) is 19.8. The topological polar surface area (TPSA) is 78.1 Å². The Morgan fingerprint density at radius 2 is 2.07 bits per heavy atom. The molecule has 0 spiro atoms. The Hall–Kier alpha value is -2.51. The van der Waals surface area contributed by atoms with Gasteiger partial charge in [-0.05, 0) is 56.3 Å². The number of carbonyl (C=O) groups excluding carboxylic acids is 1. The van der Waals surface area contributed by atoms with Crippen molar-refractivity contribution in [3.63, 3.8) is 0 Å². The average Bonchev–Trinajstić information content (AvgIpc) is 3.06. The van der Waals surface area contributed by atoms with Gasteiger partial charge in [0.25, 0.3) is 5.56 Å². The van der Waals surface area contributed by atoms with Crippen molar-refractivity contribution in [3.8, 4) is 0 Å². The third kappa shape index (κ3) is 4.26. The van der Waals surface area contributed by atoms with Crippen molar-refractivity contribution in [2.24, 2.45) is 0 Å². The SMILES string of the molecule is CCc1ccccc1NC(=O)CN(C)Cc1nc2sc3c(c2c(=O)[nH]1)CCCC3. The molecule has 0 bridgehead atoms. The molecule has 0 aliphatic heterocycles. The normalized spacial score (nSPS) is 13.6. The molecule has 0 saturated heterocycles. The Bertz CT molecular complexity index is 1100. The molecule has 2 N–H and O–H groups in total. The van der Waals surface area contributed by atoms with Gasteiger partial charge in [0.05, 0.1) is 18.5 Å². The lowest BCUT2D eigenvalue weighted by molar-refractivity contribution is -0.117. The van der Waals surface area contributed by atoms with Gasteiger partial charge >= 0.3 is 0 Å². The molecule has 1 aliphatic carbocycles. The number of para-hydroxylation sites is 1. The molecule has 0 saturated carbocycles.